The highest BCUT2D eigenvalue weighted by Gasteiger charge is 2.25. The average Bonchev–Trinajstić information content (AvgIpc) is 3.38. The number of hydrogen-bond acceptors (Lipinski definition) is 4. The Hall–Kier alpha value is -1.31. The number of hydrogen-bond donors (Lipinski definition) is 2. The van der Waals surface area contributed by atoms with Crippen LogP contribution in [0.1, 0.15) is 28.8 Å². The van der Waals surface area contributed by atoms with Crippen molar-refractivity contribution in [1.29, 1.82) is 0 Å². The van der Waals surface area contributed by atoms with Crippen LogP contribution in [0, 0.1) is 0 Å². The first-order valence-corrected chi connectivity index (χ1v) is 11.7. The third kappa shape index (κ3) is 5.48. The van der Waals surface area contributed by atoms with Gasteiger partial charge in [0.25, 0.3) is 5.91 Å². The van der Waals surface area contributed by atoms with Gasteiger partial charge in [0.05, 0.1) is 14.5 Å². The molecule has 0 bridgehead atoms. The van der Waals surface area contributed by atoms with Gasteiger partial charge < -0.3 is 15.4 Å². The lowest BCUT2D eigenvalue weighted by Crippen LogP contribution is -2.37. The largest absolute Gasteiger partial charge is 0.488 e. The van der Waals surface area contributed by atoms with E-state index in [1.165, 1.54) is 5.56 Å². The number of likely N-dealkylation sites (tertiary alicyclic amines) is 1. The first-order chi connectivity index (χ1) is 14.5. The second kappa shape index (κ2) is 9.88. The van der Waals surface area contributed by atoms with Crippen molar-refractivity contribution in [3.8, 4) is 5.75 Å². The van der Waals surface area contributed by atoms with E-state index in [0.717, 1.165) is 55.8 Å². The zero-order valence-corrected chi connectivity index (χ0v) is 19.6. The summed E-state index contributed by atoms with van der Waals surface area (Å²) in [6.45, 7) is 4.50. The van der Waals surface area contributed by atoms with Gasteiger partial charge in [-0.3, -0.25) is 9.69 Å². The molecule has 4 rings (SSSR count). The number of carbonyl (C=O) groups excluding carboxylic acids is 1. The average molecular weight is 513 g/mol. The molecule has 0 aromatic heterocycles. The molecule has 2 aliphatic rings. The molecule has 1 amide bonds. The van der Waals surface area contributed by atoms with E-state index in [4.69, 9.17) is 27.9 Å². The van der Waals surface area contributed by atoms with E-state index >= 15 is 0 Å². The number of amides is 1. The monoisotopic (exact) mass is 511 g/mol. The van der Waals surface area contributed by atoms with Gasteiger partial charge in [-0.2, -0.15) is 0 Å². The van der Waals surface area contributed by atoms with E-state index in [1.54, 1.807) is 18.2 Å². The van der Waals surface area contributed by atoms with E-state index in [0.29, 0.717) is 15.6 Å². The number of nitrogens with zero attached hydrogens (tertiary/aromatic N) is 1. The maximum Gasteiger partial charge on any atom is 0.251 e. The maximum atomic E-state index is 12.5. The quantitative estimate of drug-likeness (QED) is 0.598. The Morgan fingerprint density at radius 1 is 1.20 bits per heavy atom. The lowest BCUT2D eigenvalue weighted by atomic mass is 10.2. The molecule has 2 atom stereocenters. The topological polar surface area (TPSA) is 53.6 Å². The van der Waals surface area contributed by atoms with E-state index in [2.05, 4.69) is 43.6 Å². The normalized spacial score (nSPS) is 21.7. The number of rotatable bonds is 6. The predicted molar refractivity (Wildman–Crippen MR) is 124 cm³/mol. The van der Waals surface area contributed by atoms with Gasteiger partial charge in [0, 0.05) is 37.8 Å². The Kier molecular flexibility index (Phi) is 7.21. The number of ether oxygens (including phenoxy) is 1. The van der Waals surface area contributed by atoms with Gasteiger partial charge in [0.15, 0.2) is 0 Å². The van der Waals surface area contributed by atoms with Crippen LogP contribution in [0.4, 0.5) is 0 Å². The highest BCUT2D eigenvalue weighted by Crippen LogP contribution is 2.29. The first-order valence-electron chi connectivity index (χ1n) is 10.1. The van der Waals surface area contributed by atoms with Crippen LogP contribution in [-0.4, -0.2) is 49.1 Å². The molecule has 2 aromatic carbocycles. The second-order valence-corrected chi connectivity index (χ2v) is 9.49. The third-order valence-electron chi connectivity index (χ3n) is 5.50. The lowest BCUT2D eigenvalue weighted by molar-refractivity contribution is 0.0937. The molecule has 2 aliphatic heterocycles. The molecule has 2 fully saturated rings. The van der Waals surface area contributed by atoms with Crippen LogP contribution in [0.25, 0.3) is 0 Å². The van der Waals surface area contributed by atoms with Crippen molar-refractivity contribution >= 4 is 45.0 Å². The number of halogens is 3. The minimum absolute atomic E-state index is 0.118. The molecule has 2 aromatic rings. The SMILES string of the molecule is O=C(N[C@H]1CCN(Cc2ccc(O[C@H]3CCNC3)c(Br)c2)C1)c1ccc(Cl)c(Cl)c1. The highest BCUT2D eigenvalue weighted by molar-refractivity contribution is 9.10. The number of carbonyl (C=O) groups is 1. The summed E-state index contributed by atoms with van der Waals surface area (Å²) >= 11 is 15.6. The third-order valence-corrected chi connectivity index (χ3v) is 6.86. The van der Waals surface area contributed by atoms with Gasteiger partial charge >= 0.3 is 0 Å². The molecule has 0 unspecified atom stereocenters. The number of benzene rings is 2. The molecule has 160 valence electrons. The first kappa shape index (κ1) is 21.9. The Balaban J connectivity index is 1.29. The fourth-order valence-corrected chi connectivity index (χ4v) is 4.72. The van der Waals surface area contributed by atoms with Crippen molar-refractivity contribution in [2.75, 3.05) is 26.2 Å². The summed E-state index contributed by atoms with van der Waals surface area (Å²) in [7, 11) is 0. The predicted octanol–water partition coefficient (Wildman–Crippen LogP) is 4.50. The summed E-state index contributed by atoms with van der Waals surface area (Å²) in [5.74, 6) is 0.770. The Bertz CT molecular complexity index is 921. The van der Waals surface area contributed by atoms with Crippen LogP contribution in [0.15, 0.2) is 40.9 Å². The molecule has 2 saturated heterocycles. The Morgan fingerprint density at radius 2 is 2.07 bits per heavy atom. The molecule has 2 heterocycles. The van der Waals surface area contributed by atoms with Crippen molar-refractivity contribution in [3.05, 3.63) is 62.0 Å². The summed E-state index contributed by atoms with van der Waals surface area (Å²) in [5.41, 5.74) is 1.75. The zero-order chi connectivity index (χ0) is 21.1. The van der Waals surface area contributed by atoms with Crippen LogP contribution < -0.4 is 15.4 Å². The minimum Gasteiger partial charge on any atom is -0.488 e. The van der Waals surface area contributed by atoms with Gasteiger partial charge in [-0.25, -0.2) is 0 Å². The van der Waals surface area contributed by atoms with Crippen LogP contribution >= 0.6 is 39.1 Å². The molecule has 30 heavy (non-hydrogen) atoms. The molecule has 0 aliphatic carbocycles. The second-order valence-electron chi connectivity index (χ2n) is 7.82. The van der Waals surface area contributed by atoms with Gasteiger partial charge in [0.1, 0.15) is 11.9 Å². The molecule has 2 N–H and O–H groups in total. The number of nitrogens with one attached hydrogen (secondary N) is 2. The van der Waals surface area contributed by atoms with Crippen LogP contribution in [-0.2, 0) is 6.54 Å². The fraction of sp³-hybridized carbons (Fsp3) is 0.409. The van der Waals surface area contributed by atoms with Crippen LogP contribution in [0.2, 0.25) is 10.0 Å². The maximum absolute atomic E-state index is 12.5. The highest BCUT2D eigenvalue weighted by atomic mass is 79.9. The fourth-order valence-electron chi connectivity index (χ4n) is 3.90. The molecule has 8 heteroatoms. The van der Waals surface area contributed by atoms with Crippen molar-refractivity contribution in [3.63, 3.8) is 0 Å². The lowest BCUT2D eigenvalue weighted by Gasteiger charge is -2.18. The van der Waals surface area contributed by atoms with E-state index in [1.807, 2.05) is 6.07 Å². The van der Waals surface area contributed by atoms with E-state index < -0.39 is 0 Å². The van der Waals surface area contributed by atoms with Crippen molar-refractivity contribution in [2.24, 2.45) is 0 Å². The molecular weight excluding hydrogens is 489 g/mol. The van der Waals surface area contributed by atoms with Crippen LogP contribution in [0.5, 0.6) is 5.75 Å². The molecule has 0 spiro atoms. The van der Waals surface area contributed by atoms with Gasteiger partial charge in [0.2, 0.25) is 0 Å². The van der Waals surface area contributed by atoms with Crippen molar-refractivity contribution in [2.45, 2.75) is 31.5 Å². The molecule has 5 nitrogen and oxygen atoms in total. The van der Waals surface area contributed by atoms with E-state index in [-0.39, 0.29) is 18.1 Å². The van der Waals surface area contributed by atoms with E-state index in [9.17, 15) is 4.79 Å². The molecule has 0 radical (unpaired) electrons. The summed E-state index contributed by atoms with van der Waals surface area (Å²) in [5, 5.41) is 7.25. The van der Waals surface area contributed by atoms with Gasteiger partial charge in [-0.1, -0.05) is 29.3 Å². The van der Waals surface area contributed by atoms with Crippen molar-refractivity contribution in [1.82, 2.24) is 15.5 Å². The Labute approximate surface area is 195 Å². The summed E-state index contributed by atoms with van der Waals surface area (Å²) in [6, 6.07) is 11.3. The minimum atomic E-state index is -0.119. The molecular formula is C22H24BrCl2N3O2. The zero-order valence-electron chi connectivity index (χ0n) is 16.5. The van der Waals surface area contributed by atoms with Gasteiger partial charge in [-0.15, -0.1) is 0 Å². The Morgan fingerprint density at radius 3 is 2.80 bits per heavy atom. The van der Waals surface area contributed by atoms with Crippen molar-refractivity contribution < 1.29 is 9.53 Å². The summed E-state index contributed by atoms with van der Waals surface area (Å²) in [4.78, 5) is 14.8. The van der Waals surface area contributed by atoms with Crippen LogP contribution in [0.3, 0.4) is 0 Å². The molecule has 0 saturated carbocycles. The standard InChI is InChI=1S/C22H24BrCl2N3O2/c23-18-9-14(1-4-21(18)30-17-5-7-26-11-17)12-28-8-6-16(13-28)27-22(29)15-2-3-19(24)20(25)10-15/h1-4,9-10,16-17,26H,5-8,11-13H2,(H,27,29)/t16-,17-/m0/s1. The van der Waals surface area contributed by atoms with Gasteiger partial charge in [-0.05, 0) is 71.2 Å². The summed E-state index contributed by atoms with van der Waals surface area (Å²) in [6.07, 6.45) is 2.20. The smallest absolute Gasteiger partial charge is 0.251 e. The summed E-state index contributed by atoms with van der Waals surface area (Å²) < 4.78 is 7.04.